The van der Waals surface area contributed by atoms with E-state index in [2.05, 4.69) is 35.9 Å². The van der Waals surface area contributed by atoms with Crippen LogP contribution in [-0.2, 0) is 16.6 Å². The molecule has 130 valence electrons. The Morgan fingerprint density at radius 1 is 1.18 bits per heavy atom. The second-order valence-corrected chi connectivity index (χ2v) is 7.43. The summed E-state index contributed by atoms with van der Waals surface area (Å²) < 4.78 is 29.2. The van der Waals surface area contributed by atoms with Crippen LogP contribution >= 0.6 is 12.4 Å². The molecular formula is C14H29ClN4O2S. The molecule has 0 aliphatic carbocycles. The topological polar surface area (TPSA) is 76.0 Å². The van der Waals surface area contributed by atoms with Gasteiger partial charge in [-0.25, -0.2) is 13.1 Å². The van der Waals surface area contributed by atoms with Gasteiger partial charge >= 0.3 is 0 Å². The van der Waals surface area contributed by atoms with Gasteiger partial charge in [0, 0.05) is 19.6 Å². The van der Waals surface area contributed by atoms with Gasteiger partial charge in [0.25, 0.3) is 0 Å². The standard InChI is InChI=1S/C14H28N4O2S.ClH/c1-6-7-15-8-9-16-21(19,20)14-12(4)17-18(13(14)5)10-11(2)3;/h11,15-16H,6-10H2,1-5H3;1H. The Kier molecular flexibility index (Phi) is 9.22. The van der Waals surface area contributed by atoms with E-state index in [-0.39, 0.29) is 12.4 Å². The second kappa shape index (κ2) is 9.50. The van der Waals surface area contributed by atoms with Gasteiger partial charge in [-0.1, -0.05) is 20.8 Å². The summed E-state index contributed by atoms with van der Waals surface area (Å²) in [6.07, 6.45) is 1.03. The molecule has 1 aromatic rings. The summed E-state index contributed by atoms with van der Waals surface area (Å²) in [5, 5.41) is 7.53. The fourth-order valence-corrected chi connectivity index (χ4v) is 3.68. The van der Waals surface area contributed by atoms with Gasteiger partial charge in [0.05, 0.1) is 11.4 Å². The van der Waals surface area contributed by atoms with Gasteiger partial charge in [0.2, 0.25) is 10.0 Å². The highest BCUT2D eigenvalue weighted by Crippen LogP contribution is 2.19. The van der Waals surface area contributed by atoms with Crippen molar-refractivity contribution in [2.45, 2.75) is 52.5 Å². The van der Waals surface area contributed by atoms with Gasteiger partial charge in [0.15, 0.2) is 0 Å². The molecule has 1 aromatic heterocycles. The predicted octanol–water partition coefficient (Wildman–Crippen LogP) is 1.86. The van der Waals surface area contributed by atoms with Crippen molar-refractivity contribution in [3.8, 4) is 0 Å². The van der Waals surface area contributed by atoms with Crippen LogP contribution in [0, 0.1) is 19.8 Å². The quantitative estimate of drug-likeness (QED) is 0.665. The monoisotopic (exact) mass is 352 g/mol. The van der Waals surface area contributed by atoms with Crippen molar-refractivity contribution in [3.05, 3.63) is 11.4 Å². The molecule has 6 nitrogen and oxygen atoms in total. The predicted molar refractivity (Wildman–Crippen MR) is 92.1 cm³/mol. The van der Waals surface area contributed by atoms with E-state index in [1.165, 1.54) is 0 Å². The third-order valence-electron chi connectivity index (χ3n) is 3.14. The highest BCUT2D eigenvalue weighted by molar-refractivity contribution is 7.89. The van der Waals surface area contributed by atoms with Crippen LogP contribution in [-0.4, -0.2) is 37.8 Å². The number of hydrogen-bond donors (Lipinski definition) is 2. The molecule has 0 aromatic carbocycles. The van der Waals surface area contributed by atoms with Crippen molar-refractivity contribution < 1.29 is 8.42 Å². The van der Waals surface area contributed by atoms with Gasteiger partial charge < -0.3 is 5.32 Å². The molecule has 22 heavy (non-hydrogen) atoms. The molecule has 0 amide bonds. The van der Waals surface area contributed by atoms with Crippen LogP contribution in [0.4, 0.5) is 0 Å². The lowest BCUT2D eigenvalue weighted by molar-refractivity contribution is 0.471. The van der Waals surface area contributed by atoms with Crippen molar-refractivity contribution >= 4 is 22.4 Å². The van der Waals surface area contributed by atoms with Gasteiger partial charge in [-0.3, -0.25) is 4.68 Å². The summed E-state index contributed by atoms with van der Waals surface area (Å²) in [5.41, 5.74) is 1.26. The number of halogens is 1. The van der Waals surface area contributed by atoms with Crippen LogP contribution < -0.4 is 10.0 Å². The Morgan fingerprint density at radius 3 is 2.36 bits per heavy atom. The van der Waals surface area contributed by atoms with E-state index in [4.69, 9.17) is 0 Å². The first-order chi connectivity index (χ1) is 9.79. The molecule has 0 radical (unpaired) electrons. The molecule has 0 atom stereocenters. The van der Waals surface area contributed by atoms with Crippen molar-refractivity contribution in [1.82, 2.24) is 19.8 Å². The highest BCUT2D eigenvalue weighted by atomic mass is 35.5. The fourth-order valence-electron chi connectivity index (χ4n) is 2.24. The molecular weight excluding hydrogens is 324 g/mol. The van der Waals surface area contributed by atoms with Gasteiger partial charge in [0.1, 0.15) is 4.90 Å². The minimum atomic E-state index is -3.50. The summed E-state index contributed by atoms with van der Waals surface area (Å²) in [5.74, 6) is 0.421. The zero-order valence-electron chi connectivity index (χ0n) is 14.1. The number of aromatic nitrogens is 2. The third kappa shape index (κ3) is 5.87. The lowest BCUT2D eigenvalue weighted by atomic mass is 10.2. The maximum atomic E-state index is 12.4. The molecule has 8 heteroatoms. The molecule has 1 rings (SSSR count). The summed E-state index contributed by atoms with van der Waals surface area (Å²) in [6, 6.07) is 0. The lowest BCUT2D eigenvalue weighted by Crippen LogP contribution is -2.32. The van der Waals surface area contributed by atoms with Gasteiger partial charge in [-0.2, -0.15) is 5.10 Å². The first-order valence-corrected chi connectivity index (χ1v) is 9.02. The lowest BCUT2D eigenvalue weighted by Gasteiger charge is -2.09. The third-order valence-corrected chi connectivity index (χ3v) is 4.85. The highest BCUT2D eigenvalue weighted by Gasteiger charge is 2.24. The van der Waals surface area contributed by atoms with E-state index in [1.54, 1.807) is 11.6 Å². The summed E-state index contributed by atoms with van der Waals surface area (Å²) in [4.78, 5) is 0.318. The first-order valence-electron chi connectivity index (χ1n) is 7.54. The van der Waals surface area contributed by atoms with Crippen molar-refractivity contribution in [1.29, 1.82) is 0 Å². The fraction of sp³-hybridized carbons (Fsp3) is 0.786. The van der Waals surface area contributed by atoms with E-state index < -0.39 is 10.0 Å². The molecule has 0 unspecified atom stereocenters. The molecule has 0 fully saturated rings. The number of aryl methyl sites for hydroxylation is 1. The molecule has 0 aliphatic rings. The first kappa shape index (κ1) is 21.4. The van der Waals surface area contributed by atoms with Crippen LogP contribution in [0.2, 0.25) is 0 Å². The maximum Gasteiger partial charge on any atom is 0.244 e. The van der Waals surface area contributed by atoms with Crippen molar-refractivity contribution in [3.63, 3.8) is 0 Å². The van der Waals surface area contributed by atoms with Gasteiger partial charge in [-0.15, -0.1) is 12.4 Å². The minimum Gasteiger partial charge on any atom is -0.315 e. The summed E-state index contributed by atoms with van der Waals surface area (Å²) >= 11 is 0. The largest absolute Gasteiger partial charge is 0.315 e. The molecule has 0 saturated heterocycles. The molecule has 0 saturated carbocycles. The minimum absolute atomic E-state index is 0. The number of sulfonamides is 1. The number of rotatable bonds is 9. The maximum absolute atomic E-state index is 12.4. The average molecular weight is 353 g/mol. The van der Waals surface area contributed by atoms with Gasteiger partial charge in [-0.05, 0) is 32.7 Å². The summed E-state index contributed by atoms with van der Waals surface area (Å²) in [7, 11) is -3.50. The number of hydrogen-bond acceptors (Lipinski definition) is 4. The van der Waals surface area contributed by atoms with Crippen LogP contribution in [0.25, 0.3) is 0 Å². The second-order valence-electron chi connectivity index (χ2n) is 5.72. The van der Waals surface area contributed by atoms with E-state index >= 15 is 0 Å². The van der Waals surface area contributed by atoms with Crippen LogP contribution in [0.3, 0.4) is 0 Å². The number of nitrogens with zero attached hydrogens (tertiary/aromatic N) is 2. The molecule has 2 N–H and O–H groups in total. The van der Waals surface area contributed by atoms with E-state index in [0.29, 0.717) is 35.3 Å². The van der Waals surface area contributed by atoms with Crippen LogP contribution in [0.15, 0.2) is 4.90 Å². The molecule has 1 heterocycles. The van der Waals surface area contributed by atoms with Crippen molar-refractivity contribution in [2.24, 2.45) is 5.92 Å². The summed E-state index contributed by atoms with van der Waals surface area (Å²) in [6.45, 7) is 12.4. The average Bonchev–Trinajstić information content (AvgIpc) is 2.63. The smallest absolute Gasteiger partial charge is 0.244 e. The molecule has 0 bridgehead atoms. The zero-order chi connectivity index (χ0) is 16.0. The normalized spacial score (nSPS) is 11.7. The SMILES string of the molecule is CCCNCCNS(=O)(=O)c1c(C)nn(CC(C)C)c1C.Cl. The molecule has 0 aliphatic heterocycles. The van der Waals surface area contributed by atoms with Crippen molar-refractivity contribution in [2.75, 3.05) is 19.6 Å². The van der Waals surface area contributed by atoms with E-state index in [9.17, 15) is 8.42 Å². The molecule has 0 spiro atoms. The Morgan fingerprint density at radius 2 is 1.82 bits per heavy atom. The Bertz CT molecular complexity index is 555. The van der Waals surface area contributed by atoms with Crippen LogP contribution in [0.1, 0.15) is 38.6 Å². The van der Waals surface area contributed by atoms with E-state index in [1.807, 2.05) is 6.92 Å². The van der Waals surface area contributed by atoms with Crippen LogP contribution in [0.5, 0.6) is 0 Å². The Labute approximate surface area is 140 Å². The Balaban J connectivity index is 0.00000441. The van der Waals surface area contributed by atoms with E-state index in [0.717, 1.165) is 19.5 Å². The Hall–Kier alpha value is -0.630. The zero-order valence-corrected chi connectivity index (χ0v) is 15.8. The number of nitrogens with one attached hydrogen (secondary N) is 2.